The normalized spacial score (nSPS) is 15.5. The number of carbonyl (C=O) groups is 3. The van der Waals surface area contributed by atoms with Gasteiger partial charge in [0, 0.05) is 32.6 Å². The number of ether oxygens (including phenoxy) is 2. The van der Waals surface area contributed by atoms with E-state index in [1.165, 1.54) is 0 Å². The summed E-state index contributed by atoms with van der Waals surface area (Å²) in [5, 5.41) is 0. The molecule has 0 aromatic heterocycles. The van der Waals surface area contributed by atoms with E-state index in [1.807, 2.05) is 20.8 Å². The van der Waals surface area contributed by atoms with Gasteiger partial charge in [0.15, 0.2) is 0 Å². The first-order valence-electron chi connectivity index (χ1n) is 7.64. The quantitative estimate of drug-likeness (QED) is 0.733. The molecule has 1 aliphatic heterocycles. The van der Waals surface area contributed by atoms with Crippen LogP contribution >= 0.6 is 0 Å². The van der Waals surface area contributed by atoms with Crippen LogP contribution in [0.15, 0.2) is 0 Å². The molecule has 0 spiro atoms. The second kappa shape index (κ2) is 8.00. The lowest BCUT2D eigenvalue weighted by atomic mass is 10.2. The first-order chi connectivity index (χ1) is 10.2. The summed E-state index contributed by atoms with van der Waals surface area (Å²) in [6, 6.07) is 0. The molecular formula is C15H26N2O5. The molecule has 1 fully saturated rings. The van der Waals surface area contributed by atoms with Gasteiger partial charge in [-0.3, -0.25) is 9.59 Å². The van der Waals surface area contributed by atoms with Gasteiger partial charge in [-0.05, 0) is 27.7 Å². The molecule has 0 unspecified atom stereocenters. The van der Waals surface area contributed by atoms with Crippen molar-refractivity contribution in [1.82, 2.24) is 9.80 Å². The molecule has 1 rings (SSSR count). The SMILES string of the molecule is CCOC(=O)CCC(=O)N1CCN(C(=O)OC(C)(C)C)CC1. The fourth-order valence-electron chi connectivity index (χ4n) is 2.07. The average Bonchev–Trinajstić information content (AvgIpc) is 2.43. The van der Waals surface area contributed by atoms with Crippen LogP contribution in [0.3, 0.4) is 0 Å². The Morgan fingerprint density at radius 1 is 0.955 bits per heavy atom. The highest BCUT2D eigenvalue weighted by Crippen LogP contribution is 2.12. The maximum absolute atomic E-state index is 12.0. The van der Waals surface area contributed by atoms with E-state index in [2.05, 4.69) is 0 Å². The Labute approximate surface area is 131 Å². The number of hydrogen-bond acceptors (Lipinski definition) is 5. The number of piperazine rings is 1. The standard InChI is InChI=1S/C15H26N2O5/c1-5-21-13(19)7-6-12(18)16-8-10-17(11-9-16)14(20)22-15(2,3)4/h5-11H2,1-4H3. The van der Waals surface area contributed by atoms with Gasteiger partial charge in [0.1, 0.15) is 5.60 Å². The van der Waals surface area contributed by atoms with Crippen LogP contribution < -0.4 is 0 Å². The minimum atomic E-state index is -0.524. The van der Waals surface area contributed by atoms with Crippen LogP contribution in [-0.2, 0) is 19.1 Å². The maximum atomic E-state index is 12.0. The minimum Gasteiger partial charge on any atom is -0.466 e. The monoisotopic (exact) mass is 314 g/mol. The molecule has 0 aliphatic carbocycles. The molecule has 0 aromatic carbocycles. The largest absolute Gasteiger partial charge is 0.466 e. The molecule has 0 saturated carbocycles. The molecule has 0 aromatic rings. The van der Waals surface area contributed by atoms with Crippen LogP contribution in [0, 0.1) is 0 Å². The van der Waals surface area contributed by atoms with Crippen LogP contribution in [-0.4, -0.2) is 66.2 Å². The van der Waals surface area contributed by atoms with E-state index in [-0.39, 0.29) is 30.8 Å². The highest BCUT2D eigenvalue weighted by Gasteiger charge is 2.27. The molecule has 0 N–H and O–H groups in total. The van der Waals surface area contributed by atoms with Gasteiger partial charge in [0.25, 0.3) is 0 Å². The first-order valence-corrected chi connectivity index (χ1v) is 7.64. The molecule has 7 nitrogen and oxygen atoms in total. The Balaban J connectivity index is 2.34. The third kappa shape index (κ3) is 6.32. The van der Waals surface area contributed by atoms with E-state index in [1.54, 1.807) is 16.7 Å². The molecule has 126 valence electrons. The lowest BCUT2D eigenvalue weighted by Gasteiger charge is -2.35. The molecule has 2 amide bonds. The van der Waals surface area contributed by atoms with Crippen molar-refractivity contribution in [3.63, 3.8) is 0 Å². The molecule has 1 aliphatic rings. The van der Waals surface area contributed by atoms with Crippen LogP contribution in [0.4, 0.5) is 4.79 Å². The summed E-state index contributed by atoms with van der Waals surface area (Å²) in [6.07, 6.45) is -0.115. The van der Waals surface area contributed by atoms with Gasteiger partial charge >= 0.3 is 12.1 Å². The van der Waals surface area contributed by atoms with Crippen molar-refractivity contribution in [2.45, 2.75) is 46.1 Å². The lowest BCUT2D eigenvalue weighted by Crippen LogP contribution is -2.51. The Bertz CT molecular complexity index is 409. The molecular weight excluding hydrogens is 288 g/mol. The molecule has 1 saturated heterocycles. The summed E-state index contributed by atoms with van der Waals surface area (Å²) in [6.45, 7) is 9.32. The van der Waals surface area contributed by atoms with Crippen LogP contribution in [0.2, 0.25) is 0 Å². The van der Waals surface area contributed by atoms with Gasteiger partial charge in [-0.1, -0.05) is 0 Å². The highest BCUT2D eigenvalue weighted by atomic mass is 16.6. The Morgan fingerprint density at radius 2 is 1.50 bits per heavy atom. The predicted molar refractivity (Wildman–Crippen MR) is 80.3 cm³/mol. The topological polar surface area (TPSA) is 76.2 Å². The maximum Gasteiger partial charge on any atom is 0.410 e. The zero-order valence-electron chi connectivity index (χ0n) is 13.9. The van der Waals surface area contributed by atoms with Crippen molar-refractivity contribution in [1.29, 1.82) is 0 Å². The van der Waals surface area contributed by atoms with E-state index in [4.69, 9.17) is 9.47 Å². The third-order valence-electron chi connectivity index (χ3n) is 3.13. The fraction of sp³-hybridized carbons (Fsp3) is 0.800. The molecule has 7 heteroatoms. The fourth-order valence-corrected chi connectivity index (χ4v) is 2.07. The van der Waals surface area contributed by atoms with Crippen molar-refractivity contribution in [3.05, 3.63) is 0 Å². The summed E-state index contributed by atoms with van der Waals surface area (Å²) in [4.78, 5) is 38.4. The molecule has 22 heavy (non-hydrogen) atoms. The van der Waals surface area contributed by atoms with Crippen molar-refractivity contribution in [2.24, 2.45) is 0 Å². The smallest absolute Gasteiger partial charge is 0.410 e. The van der Waals surface area contributed by atoms with Crippen molar-refractivity contribution in [3.8, 4) is 0 Å². The van der Waals surface area contributed by atoms with Crippen molar-refractivity contribution in [2.75, 3.05) is 32.8 Å². The van der Waals surface area contributed by atoms with Gasteiger partial charge in [0.2, 0.25) is 5.91 Å². The van der Waals surface area contributed by atoms with Crippen LogP contribution in [0.5, 0.6) is 0 Å². The van der Waals surface area contributed by atoms with Crippen LogP contribution in [0.25, 0.3) is 0 Å². The van der Waals surface area contributed by atoms with Gasteiger partial charge in [0.05, 0.1) is 13.0 Å². The summed E-state index contributed by atoms with van der Waals surface area (Å²) >= 11 is 0. The summed E-state index contributed by atoms with van der Waals surface area (Å²) in [7, 11) is 0. The van der Waals surface area contributed by atoms with Crippen molar-refractivity contribution < 1.29 is 23.9 Å². The van der Waals surface area contributed by atoms with E-state index in [9.17, 15) is 14.4 Å². The number of esters is 1. The molecule has 0 atom stereocenters. The van der Waals surface area contributed by atoms with E-state index in [0.717, 1.165) is 0 Å². The summed E-state index contributed by atoms with van der Waals surface area (Å²) in [5.74, 6) is -0.444. The van der Waals surface area contributed by atoms with Gasteiger partial charge in [-0.15, -0.1) is 0 Å². The van der Waals surface area contributed by atoms with Crippen molar-refractivity contribution >= 4 is 18.0 Å². The van der Waals surface area contributed by atoms with Gasteiger partial charge in [-0.25, -0.2) is 4.79 Å². The number of rotatable bonds is 4. The van der Waals surface area contributed by atoms with E-state index < -0.39 is 5.60 Å². The van der Waals surface area contributed by atoms with Crippen LogP contribution in [0.1, 0.15) is 40.5 Å². The first kappa shape index (κ1) is 18.3. The van der Waals surface area contributed by atoms with Gasteiger partial charge in [-0.2, -0.15) is 0 Å². The van der Waals surface area contributed by atoms with E-state index in [0.29, 0.717) is 32.8 Å². The molecule has 0 radical (unpaired) electrons. The second-order valence-electron chi connectivity index (χ2n) is 6.15. The van der Waals surface area contributed by atoms with E-state index >= 15 is 0 Å². The van der Waals surface area contributed by atoms with Gasteiger partial charge < -0.3 is 19.3 Å². The number of nitrogens with zero attached hydrogens (tertiary/aromatic N) is 2. The minimum absolute atomic E-state index is 0.0862. The number of carbonyl (C=O) groups excluding carboxylic acids is 3. The Kier molecular flexibility index (Phi) is 6.64. The highest BCUT2D eigenvalue weighted by molar-refractivity contribution is 5.81. The number of amides is 2. The summed E-state index contributed by atoms with van der Waals surface area (Å²) < 4.78 is 10.1. The Hall–Kier alpha value is -1.79. The average molecular weight is 314 g/mol. The molecule has 0 bridgehead atoms. The second-order valence-corrected chi connectivity index (χ2v) is 6.15. The summed E-state index contributed by atoms with van der Waals surface area (Å²) in [5.41, 5.74) is -0.524. The zero-order chi connectivity index (χ0) is 16.8. The third-order valence-corrected chi connectivity index (χ3v) is 3.13. The predicted octanol–water partition coefficient (Wildman–Crippen LogP) is 1.41. The number of hydrogen-bond donors (Lipinski definition) is 0. The Morgan fingerprint density at radius 3 is 2.00 bits per heavy atom. The lowest BCUT2D eigenvalue weighted by molar-refractivity contribution is -0.146. The zero-order valence-corrected chi connectivity index (χ0v) is 13.9. The molecule has 1 heterocycles.